The van der Waals surface area contributed by atoms with Gasteiger partial charge in [-0.1, -0.05) is 61.5 Å². The largest absolute Gasteiger partial charge is 0.478 e. The van der Waals surface area contributed by atoms with Crippen LogP contribution in [0.4, 0.5) is 9.18 Å². The lowest BCUT2D eigenvalue weighted by molar-refractivity contribution is 0.0694. The highest BCUT2D eigenvalue weighted by Crippen LogP contribution is 2.29. The third-order valence-electron chi connectivity index (χ3n) is 4.94. The molecular formula is C25H25FN2O4. The Morgan fingerprint density at radius 2 is 1.75 bits per heavy atom. The van der Waals surface area contributed by atoms with E-state index in [2.05, 4.69) is 0 Å². The molecule has 7 heteroatoms. The van der Waals surface area contributed by atoms with Crippen LogP contribution in [0.2, 0.25) is 0 Å². The first kappa shape index (κ1) is 23.0. The Labute approximate surface area is 186 Å². The summed E-state index contributed by atoms with van der Waals surface area (Å²) in [6.45, 7) is 3.04. The van der Waals surface area contributed by atoms with Crippen LogP contribution in [-0.4, -0.2) is 35.2 Å². The number of hydrogen-bond donors (Lipinski definition) is 2. The average molecular weight is 436 g/mol. The summed E-state index contributed by atoms with van der Waals surface area (Å²) in [5.41, 5.74) is 7.91. The first-order chi connectivity index (χ1) is 15.4. The number of halogens is 1. The van der Waals surface area contributed by atoms with Gasteiger partial charge in [-0.05, 0) is 47.0 Å². The van der Waals surface area contributed by atoms with Crippen molar-refractivity contribution in [2.24, 2.45) is 5.73 Å². The topological polar surface area (TPSA) is 92.9 Å². The predicted octanol–water partition coefficient (Wildman–Crippen LogP) is 4.85. The first-order valence-corrected chi connectivity index (χ1v) is 10.3. The summed E-state index contributed by atoms with van der Waals surface area (Å²) in [7, 11) is 0. The zero-order valence-electron chi connectivity index (χ0n) is 17.7. The Hall–Kier alpha value is -3.71. The Morgan fingerprint density at radius 1 is 1.09 bits per heavy atom. The number of carbonyl (C=O) groups excluding carboxylic acids is 1. The normalized spacial score (nSPS) is 15.0. The van der Waals surface area contributed by atoms with Crippen LogP contribution in [-0.2, 0) is 11.3 Å². The van der Waals surface area contributed by atoms with Crippen LogP contribution in [0.1, 0.15) is 34.5 Å². The van der Waals surface area contributed by atoms with Gasteiger partial charge in [0.2, 0.25) is 0 Å². The number of carboxylic acids is 1. The minimum Gasteiger partial charge on any atom is -0.478 e. The number of cyclic esters (lactones) is 1. The number of rotatable bonds is 5. The van der Waals surface area contributed by atoms with Crippen molar-refractivity contribution in [3.8, 4) is 11.1 Å². The molecule has 1 aliphatic rings. The van der Waals surface area contributed by atoms with Crippen molar-refractivity contribution in [1.29, 1.82) is 0 Å². The number of amides is 1. The van der Waals surface area contributed by atoms with E-state index in [0.717, 1.165) is 17.7 Å². The van der Waals surface area contributed by atoms with E-state index in [4.69, 9.17) is 10.5 Å². The first-order valence-electron chi connectivity index (χ1n) is 10.3. The monoisotopic (exact) mass is 436 g/mol. The van der Waals surface area contributed by atoms with Crippen LogP contribution in [0, 0.1) is 5.82 Å². The van der Waals surface area contributed by atoms with E-state index in [1.54, 1.807) is 24.3 Å². The lowest BCUT2D eigenvalue weighted by Crippen LogP contribution is -2.25. The van der Waals surface area contributed by atoms with Crippen molar-refractivity contribution in [1.82, 2.24) is 4.90 Å². The molecule has 3 aromatic rings. The van der Waals surface area contributed by atoms with Crippen molar-refractivity contribution in [2.45, 2.75) is 19.6 Å². The molecule has 0 radical (unpaired) electrons. The van der Waals surface area contributed by atoms with E-state index in [1.807, 2.05) is 43.3 Å². The molecular weight excluding hydrogens is 411 g/mol. The second kappa shape index (κ2) is 10.5. The second-order valence-electron chi connectivity index (χ2n) is 7.26. The molecule has 32 heavy (non-hydrogen) atoms. The summed E-state index contributed by atoms with van der Waals surface area (Å²) < 4.78 is 18.5. The average Bonchev–Trinajstić information content (AvgIpc) is 3.15. The van der Waals surface area contributed by atoms with Crippen molar-refractivity contribution in [3.63, 3.8) is 0 Å². The van der Waals surface area contributed by atoms with Gasteiger partial charge in [0.05, 0.1) is 18.7 Å². The maximum Gasteiger partial charge on any atom is 0.410 e. The molecule has 6 nitrogen and oxygen atoms in total. The lowest BCUT2D eigenvalue weighted by atomic mass is 9.98. The van der Waals surface area contributed by atoms with Gasteiger partial charge in [0.1, 0.15) is 11.9 Å². The molecule has 0 aromatic heterocycles. The van der Waals surface area contributed by atoms with Crippen LogP contribution >= 0.6 is 0 Å². The molecule has 0 aliphatic carbocycles. The number of benzene rings is 3. The summed E-state index contributed by atoms with van der Waals surface area (Å²) in [5.74, 6) is -1.42. The molecule has 1 aliphatic heterocycles. The Kier molecular flexibility index (Phi) is 7.57. The maximum atomic E-state index is 13.1. The van der Waals surface area contributed by atoms with E-state index in [-0.39, 0.29) is 24.5 Å². The summed E-state index contributed by atoms with van der Waals surface area (Å²) >= 11 is 0. The Balaban J connectivity index is 0.000000913. The van der Waals surface area contributed by atoms with E-state index in [9.17, 15) is 19.1 Å². The van der Waals surface area contributed by atoms with Gasteiger partial charge < -0.3 is 15.6 Å². The van der Waals surface area contributed by atoms with Gasteiger partial charge in [0.25, 0.3) is 0 Å². The van der Waals surface area contributed by atoms with Crippen LogP contribution in [0.3, 0.4) is 0 Å². The smallest absolute Gasteiger partial charge is 0.410 e. The van der Waals surface area contributed by atoms with E-state index in [1.165, 1.54) is 17.0 Å². The molecule has 1 unspecified atom stereocenters. The number of nitrogens with zero attached hydrogens (tertiary/aromatic N) is 1. The third-order valence-corrected chi connectivity index (χ3v) is 4.94. The molecule has 3 N–H and O–H groups in total. The van der Waals surface area contributed by atoms with E-state index in [0.29, 0.717) is 11.1 Å². The minimum atomic E-state index is -1.06. The van der Waals surface area contributed by atoms with Crippen LogP contribution in [0.25, 0.3) is 11.1 Å². The summed E-state index contributed by atoms with van der Waals surface area (Å²) in [4.78, 5) is 25.5. The molecule has 1 amide bonds. The summed E-state index contributed by atoms with van der Waals surface area (Å²) in [5, 5.41) is 9.66. The van der Waals surface area contributed by atoms with Crippen molar-refractivity contribution < 1.29 is 23.8 Å². The molecule has 166 valence electrons. The molecule has 0 bridgehead atoms. The molecule has 1 saturated heterocycles. The van der Waals surface area contributed by atoms with Gasteiger partial charge in [0.15, 0.2) is 0 Å². The fraction of sp³-hybridized carbons (Fsp3) is 0.200. The zero-order valence-corrected chi connectivity index (χ0v) is 17.7. The maximum absolute atomic E-state index is 13.1. The molecule has 4 rings (SSSR count). The van der Waals surface area contributed by atoms with Crippen molar-refractivity contribution >= 4 is 12.1 Å². The van der Waals surface area contributed by atoms with Crippen molar-refractivity contribution in [3.05, 3.63) is 95.3 Å². The molecule has 3 aromatic carbocycles. The molecule has 0 saturated carbocycles. The fourth-order valence-corrected chi connectivity index (χ4v) is 3.42. The highest BCUT2D eigenvalue weighted by molar-refractivity contribution is 5.91. The molecule has 1 fully saturated rings. The molecule has 1 heterocycles. The SMILES string of the molecule is CCN.O=C(O)c1cc(-c2ccccc2)ccc1CN1CC(c2ccc(F)cc2)OC1=O. The minimum absolute atomic E-state index is 0.118. The van der Waals surface area contributed by atoms with Gasteiger partial charge in [-0.2, -0.15) is 0 Å². The highest BCUT2D eigenvalue weighted by atomic mass is 19.1. The number of hydrogen-bond acceptors (Lipinski definition) is 4. The van der Waals surface area contributed by atoms with Crippen LogP contribution in [0.15, 0.2) is 72.8 Å². The van der Waals surface area contributed by atoms with Gasteiger partial charge in [0, 0.05) is 0 Å². The summed E-state index contributed by atoms with van der Waals surface area (Å²) in [6, 6.07) is 20.5. The predicted molar refractivity (Wildman–Crippen MR) is 120 cm³/mol. The second-order valence-corrected chi connectivity index (χ2v) is 7.26. The quantitative estimate of drug-likeness (QED) is 0.596. The Bertz CT molecular complexity index is 1070. The van der Waals surface area contributed by atoms with Gasteiger partial charge in [-0.3, -0.25) is 4.90 Å². The van der Waals surface area contributed by atoms with Gasteiger partial charge in [-0.15, -0.1) is 0 Å². The number of carbonyl (C=O) groups is 2. The molecule has 0 spiro atoms. The lowest BCUT2D eigenvalue weighted by Gasteiger charge is -2.16. The number of aromatic carboxylic acids is 1. The fourth-order valence-electron chi connectivity index (χ4n) is 3.42. The summed E-state index contributed by atoms with van der Waals surface area (Å²) in [6.07, 6.45) is -1.04. The third kappa shape index (κ3) is 5.50. The van der Waals surface area contributed by atoms with Crippen LogP contribution in [0.5, 0.6) is 0 Å². The van der Waals surface area contributed by atoms with E-state index < -0.39 is 18.2 Å². The van der Waals surface area contributed by atoms with E-state index >= 15 is 0 Å². The zero-order chi connectivity index (χ0) is 23.1. The van der Waals surface area contributed by atoms with Gasteiger partial charge >= 0.3 is 12.1 Å². The number of ether oxygens (including phenoxy) is 1. The highest BCUT2D eigenvalue weighted by Gasteiger charge is 2.33. The number of nitrogens with two attached hydrogens (primary N) is 1. The molecule has 1 atom stereocenters. The van der Waals surface area contributed by atoms with Crippen molar-refractivity contribution in [2.75, 3.05) is 13.1 Å². The Morgan fingerprint density at radius 3 is 2.38 bits per heavy atom. The number of carboxylic acid groups (broad SMARTS) is 1. The van der Waals surface area contributed by atoms with Crippen LogP contribution < -0.4 is 5.73 Å². The standard InChI is InChI=1S/C23H18FNO4.C2H7N/c24-19-10-8-16(9-11-19)21-14-25(23(28)29-21)13-18-7-6-17(12-20(18)22(26)27)15-4-2-1-3-5-15;1-2-3/h1-12,21H,13-14H2,(H,26,27);2-3H2,1H3. The van der Waals surface area contributed by atoms with Gasteiger partial charge in [-0.25, -0.2) is 14.0 Å².